The van der Waals surface area contributed by atoms with E-state index < -0.39 is 0 Å². The number of ketones is 2. The Labute approximate surface area is 132 Å². The minimum Gasteiger partial charge on any atom is -0.300 e. The molecule has 0 amide bonds. The number of para-hydroxylation sites is 1. The summed E-state index contributed by atoms with van der Waals surface area (Å²) in [7, 11) is 0. The highest BCUT2D eigenvalue weighted by molar-refractivity contribution is 7.20. The molecule has 3 nitrogen and oxygen atoms in total. The number of Topliss-reactive ketones (excluding diaryl/α,β-unsaturated/α-hetero) is 2. The summed E-state index contributed by atoms with van der Waals surface area (Å²) in [5, 5.41) is 0.423. The van der Waals surface area contributed by atoms with Crippen molar-refractivity contribution in [2.45, 2.75) is 54.9 Å². The third-order valence-electron chi connectivity index (χ3n) is 1.94. The summed E-state index contributed by atoms with van der Waals surface area (Å²) < 4.78 is 0.976. The fraction of sp³-hybridized carbons (Fsp3) is 0.471. The largest absolute Gasteiger partial charge is 0.300 e. The Morgan fingerprint density at radius 2 is 1.52 bits per heavy atom. The predicted octanol–water partition coefficient (Wildman–Crippen LogP) is 5.54. The van der Waals surface area contributed by atoms with Gasteiger partial charge in [0.2, 0.25) is 0 Å². The van der Waals surface area contributed by atoms with Gasteiger partial charge in [0.05, 0.1) is 16.6 Å². The average molecular weight is 309 g/mol. The summed E-state index contributed by atoms with van der Waals surface area (Å²) in [6.45, 7) is 13.4. The maximum atomic E-state index is 11.6. The Morgan fingerprint density at radius 1 is 1.00 bits per heavy atom. The number of hydrogen-bond acceptors (Lipinski definition) is 4. The molecule has 0 unspecified atom stereocenters. The van der Waals surface area contributed by atoms with Gasteiger partial charge >= 0.3 is 0 Å². The van der Waals surface area contributed by atoms with E-state index in [4.69, 9.17) is 0 Å². The van der Waals surface area contributed by atoms with Crippen molar-refractivity contribution in [3.05, 3.63) is 29.3 Å². The van der Waals surface area contributed by atoms with Crippen molar-refractivity contribution in [1.82, 2.24) is 4.98 Å². The minimum atomic E-state index is -0.191. The van der Waals surface area contributed by atoms with Crippen LogP contribution in [0.15, 0.2) is 24.3 Å². The standard InChI is InChI=1S/C11H9NO2S.3C2H6/c1-7(13)6-9(14)11-12-8-4-2-3-5-10(8)15-11;3*1-2/h2-5H,6H2,1H3;3*1-2H3. The van der Waals surface area contributed by atoms with Crippen LogP contribution in [-0.2, 0) is 4.79 Å². The molecule has 4 heteroatoms. The second-order valence-corrected chi connectivity index (χ2v) is 4.32. The van der Waals surface area contributed by atoms with Crippen LogP contribution >= 0.6 is 11.3 Å². The second-order valence-electron chi connectivity index (χ2n) is 3.29. The zero-order chi connectivity index (χ0) is 16.8. The van der Waals surface area contributed by atoms with Crippen molar-refractivity contribution in [3.8, 4) is 0 Å². The molecule has 0 aliphatic rings. The highest BCUT2D eigenvalue weighted by Gasteiger charge is 2.13. The number of nitrogens with zero attached hydrogens (tertiary/aromatic N) is 1. The zero-order valence-corrected chi connectivity index (χ0v) is 15.0. The summed E-state index contributed by atoms with van der Waals surface area (Å²) in [5.41, 5.74) is 0.814. The normalized spacial score (nSPS) is 8.33. The van der Waals surface area contributed by atoms with Gasteiger partial charge in [-0.05, 0) is 19.1 Å². The van der Waals surface area contributed by atoms with Crippen molar-refractivity contribution < 1.29 is 9.59 Å². The number of thiazole rings is 1. The first-order valence-corrected chi connectivity index (χ1v) is 8.36. The topological polar surface area (TPSA) is 47.0 Å². The minimum absolute atomic E-state index is 0.0557. The fourth-order valence-electron chi connectivity index (χ4n) is 1.29. The number of aromatic nitrogens is 1. The van der Waals surface area contributed by atoms with Gasteiger partial charge in [0, 0.05) is 0 Å². The lowest BCUT2D eigenvalue weighted by Crippen LogP contribution is -2.03. The number of rotatable bonds is 3. The average Bonchev–Trinajstić information content (AvgIpc) is 2.97. The first-order valence-electron chi connectivity index (χ1n) is 7.55. The molecule has 0 saturated carbocycles. The highest BCUT2D eigenvalue weighted by Crippen LogP contribution is 2.22. The molecule has 0 N–H and O–H groups in total. The number of benzene rings is 1. The van der Waals surface area contributed by atoms with E-state index in [9.17, 15) is 9.59 Å². The smallest absolute Gasteiger partial charge is 0.198 e. The van der Waals surface area contributed by atoms with E-state index in [0.717, 1.165) is 10.2 Å². The van der Waals surface area contributed by atoms with Gasteiger partial charge in [-0.15, -0.1) is 11.3 Å². The first-order chi connectivity index (χ1) is 10.2. The van der Waals surface area contributed by atoms with Gasteiger partial charge in [0.15, 0.2) is 10.8 Å². The molecule has 0 saturated heterocycles. The molecule has 0 bridgehead atoms. The Bertz CT molecular complexity index is 499. The van der Waals surface area contributed by atoms with Crippen LogP contribution in [0.25, 0.3) is 10.2 Å². The SMILES string of the molecule is CC.CC.CC.CC(=O)CC(=O)c1nc2ccccc2s1. The van der Waals surface area contributed by atoms with Crippen molar-refractivity contribution >= 4 is 33.1 Å². The van der Waals surface area contributed by atoms with E-state index >= 15 is 0 Å². The van der Waals surface area contributed by atoms with Crippen LogP contribution in [0.1, 0.15) is 64.7 Å². The Kier molecular flexibility index (Phi) is 13.9. The number of fused-ring (bicyclic) bond motifs is 1. The van der Waals surface area contributed by atoms with Gasteiger partial charge in [-0.2, -0.15) is 0 Å². The van der Waals surface area contributed by atoms with Gasteiger partial charge < -0.3 is 0 Å². The maximum Gasteiger partial charge on any atom is 0.198 e. The van der Waals surface area contributed by atoms with Gasteiger partial charge in [0.1, 0.15) is 5.78 Å². The summed E-state index contributed by atoms with van der Waals surface area (Å²) >= 11 is 1.33. The van der Waals surface area contributed by atoms with Gasteiger partial charge in [0.25, 0.3) is 0 Å². The Hall–Kier alpha value is -1.55. The molecule has 0 radical (unpaired) electrons. The maximum absolute atomic E-state index is 11.6. The third kappa shape index (κ3) is 7.71. The monoisotopic (exact) mass is 309 g/mol. The zero-order valence-electron chi connectivity index (χ0n) is 14.2. The molecule has 0 aliphatic heterocycles. The van der Waals surface area contributed by atoms with Gasteiger partial charge in [-0.3, -0.25) is 9.59 Å². The molecule has 0 fully saturated rings. The van der Waals surface area contributed by atoms with Crippen LogP contribution in [-0.4, -0.2) is 16.6 Å². The quantitative estimate of drug-likeness (QED) is 0.552. The van der Waals surface area contributed by atoms with Crippen molar-refractivity contribution in [2.24, 2.45) is 0 Å². The van der Waals surface area contributed by atoms with E-state index in [1.165, 1.54) is 18.3 Å². The molecule has 1 aromatic carbocycles. The molecule has 1 aromatic heterocycles. The molecule has 0 aliphatic carbocycles. The molecular formula is C17H27NO2S. The van der Waals surface area contributed by atoms with E-state index in [1.54, 1.807) is 0 Å². The number of carbonyl (C=O) groups is 2. The van der Waals surface area contributed by atoms with Gasteiger partial charge in [-0.25, -0.2) is 4.98 Å². The van der Waals surface area contributed by atoms with E-state index in [1.807, 2.05) is 65.8 Å². The van der Waals surface area contributed by atoms with Gasteiger partial charge in [-0.1, -0.05) is 53.7 Å². The van der Waals surface area contributed by atoms with Crippen LogP contribution in [0.3, 0.4) is 0 Å². The second kappa shape index (κ2) is 13.4. The van der Waals surface area contributed by atoms with Crippen LogP contribution in [0.5, 0.6) is 0 Å². The number of carbonyl (C=O) groups excluding carboxylic acids is 2. The van der Waals surface area contributed by atoms with E-state index in [-0.39, 0.29) is 18.0 Å². The van der Waals surface area contributed by atoms with Crippen molar-refractivity contribution in [2.75, 3.05) is 0 Å². The summed E-state index contributed by atoms with van der Waals surface area (Å²) in [6.07, 6.45) is -0.0557. The summed E-state index contributed by atoms with van der Waals surface area (Å²) in [6, 6.07) is 7.55. The Morgan fingerprint density at radius 3 is 2.00 bits per heavy atom. The van der Waals surface area contributed by atoms with Crippen LogP contribution in [0, 0.1) is 0 Å². The molecule has 1 heterocycles. The predicted molar refractivity (Wildman–Crippen MR) is 93.3 cm³/mol. The summed E-state index contributed by atoms with van der Waals surface area (Å²) in [4.78, 5) is 26.5. The van der Waals surface area contributed by atoms with Crippen LogP contribution in [0.2, 0.25) is 0 Å². The highest BCUT2D eigenvalue weighted by atomic mass is 32.1. The summed E-state index contributed by atoms with van der Waals surface area (Å²) in [5.74, 6) is -0.317. The lowest BCUT2D eigenvalue weighted by Gasteiger charge is -1.89. The van der Waals surface area contributed by atoms with E-state index in [0.29, 0.717) is 5.01 Å². The Balaban J connectivity index is 0. The molecule has 2 rings (SSSR count). The van der Waals surface area contributed by atoms with Crippen LogP contribution < -0.4 is 0 Å². The molecule has 0 atom stereocenters. The molecule has 21 heavy (non-hydrogen) atoms. The lowest BCUT2D eigenvalue weighted by atomic mass is 10.2. The fourth-order valence-corrected chi connectivity index (χ4v) is 2.20. The van der Waals surface area contributed by atoms with E-state index in [2.05, 4.69) is 4.98 Å². The molecule has 2 aromatic rings. The molecule has 0 spiro atoms. The number of hydrogen-bond donors (Lipinski definition) is 0. The first kappa shape index (κ1) is 21.7. The molecular weight excluding hydrogens is 282 g/mol. The molecule has 118 valence electrons. The van der Waals surface area contributed by atoms with Crippen molar-refractivity contribution in [3.63, 3.8) is 0 Å². The lowest BCUT2D eigenvalue weighted by molar-refractivity contribution is -0.116. The van der Waals surface area contributed by atoms with Crippen molar-refractivity contribution in [1.29, 1.82) is 0 Å². The third-order valence-corrected chi connectivity index (χ3v) is 3.02. The van der Waals surface area contributed by atoms with Crippen LogP contribution in [0.4, 0.5) is 0 Å².